The van der Waals surface area contributed by atoms with Crippen molar-refractivity contribution >= 4 is 27.5 Å². The van der Waals surface area contributed by atoms with Gasteiger partial charge in [0.2, 0.25) is 5.91 Å². The zero-order valence-corrected chi connectivity index (χ0v) is 12.6. The van der Waals surface area contributed by atoms with Crippen molar-refractivity contribution in [3.8, 4) is 0 Å². The maximum atomic E-state index is 11.9. The van der Waals surface area contributed by atoms with Gasteiger partial charge in [0.1, 0.15) is 4.60 Å². The second kappa shape index (κ2) is 5.17. The highest BCUT2D eigenvalue weighted by Gasteiger charge is 2.17. The predicted octanol–water partition coefficient (Wildman–Crippen LogP) is 3.84. The minimum Gasteiger partial charge on any atom is -0.324 e. The molecule has 0 radical (unpaired) electrons. The largest absolute Gasteiger partial charge is 0.324 e. The number of pyridine rings is 1. The van der Waals surface area contributed by atoms with Gasteiger partial charge in [-0.15, -0.1) is 0 Å². The monoisotopic (exact) mass is 298 g/mol. The first-order valence-electron chi connectivity index (χ1n) is 5.62. The first-order chi connectivity index (χ1) is 7.69. The Morgan fingerprint density at radius 1 is 1.41 bits per heavy atom. The van der Waals surface area contributed by atoms with Crippen molar-refractivity contribution in [3.05, 3.63) is 21.9 Å². The van der Waals surface area contributed by atoms with E-state index in [1.165, 1.54) is 0 Å². The van der Waals surface area contributed by atoms with E-state index in [1.54, 1.807) is 0 Å². The van der Waals surface area contributed by atoms with E-state index >= 15 is 0 Å². The Hall–Kier alpha value is -0.900. The summed E-state index contributed by atoms with van der Waals surface area (Å²) in [6, 6.07) is 1.90. The predicted molar refractivity (Wildman–Crippen MR) is 74.1 cm³/mol. The van der Waals surface area contributed by atoms with Crippen LogP contribution in [0.2, 0.25) is 0 Å². The molecule has 0 aliphatic rings. The van der Waals surface area contributed by atoms with Gasteiger partial charge in [0.25, 0.3) is 0 Å². The molecule has 0 spiro atoms. The van der Waals surface area contributed by atoms with E-state index < -0.39 is 0 Å². The topological polar surface area (TPSA) is 42.0 Å². The van der Waals surface area contributed by atoms with Gasteiger partial charge >= 0.3 is 0 Å². The van der Waals surface area contributed by atoms with E-state index in [0.717, 1.165) is 21.5 Å². The van der Waals surface area contributed by atoms with Crippen molar-refractivity contribution in [2.45, 2.75) is 41.0 Å². The summed E-state index contributed by atoms with van der Waals surface area (Å²) in [5, 5.41) is 2.94. The van der Waals surface area contributed by atoms with E-state index in [0.29, 0.717) is 6.42 Å². The lowest BCUT2D eigenvalue weighted by Gasteiger charge is -2.18. The first-order valence-corrected chi connectivity index (χ1v) is 6.42. The van der Waals surface area contributed by atoms with Crippen molar-refractivity contribution in [1.82, 2.24) is 4.98 Å². The van der Waals surface area contributed by atoms with Crippen molar-refractivity contribution < 1.29 is 4.79 Å². The van der Waals surface area contributed by atoms with Crippen LogP contribution >= 0.6 is 15.9 Å². The molecule has 1 amide bonds. The Morgan fingerprint density at radius 2 is 2.00 bits per heavy atom. The molecule has 0 aliphatic carbocycles. The molecule has 0 aliphatic heterocycles. The fourth-order valence-electron chi connectivity index (χ4n) is 1.64. The fraction of sp³-hybridized carbons (Fsp3) is 0.538. The molecule has 0 atom stereocenters. The maximum Gasteiger partial charge on any atom is 0.224 e. The van der Waals surface area contributed by atoms with Gasteiger partial charge in [-0.25, -0.2) is 4.98 Å². The quantitative estimate of drug-likeness (QED) is 0.843. The molecule has 1 aromatic heterocycles. The second-order valence-electron chi connectivity index (χ2n) is 5.51. The van der Waals surface area contributed by atoms with E-state index in [4.69, 9.17) is 0 Å². The summed E-state index contributed by atoms with van der Waals surface area (Å²) in [6.45, 7) is 10.0. The number of hydrogen-bond donors (Lipinski definition) is 1. The molecule has 0 fully saturated rings. The van der Waals surface area contributed by atoms with Crippen molar-refractivity contribution in [3.63, 3.8) is 0 Å². The number of nitrogens with zero attached hydrogens (tertiary/aromatic N) is 1. The van der Waals surface area contributed by atoms with E-state index in [-0.39, 0.29) is 11.3 Å². The minimum absolute atomic E-state index is 0.00527. The molecule has 1 heterocycles. The summed E-state index contributed by atoms with van der Waals surface area (Å²) in [6.07, 6.45) is 0.502. The smallest absolute Gasteiger partial charge is 0.224 e. The van der Waals surface area contributed by atoms with E-state index in [9.17, 15) is 4.79 Å². The number of rotatable bonds is 2. The molecule has 0 saturated carbocycles. The fourth-order valence-corrected chi connectivity index (χ4v) is 2.25. The standard InChI is InChI=1S/C13H19BrN2O/c1-8-6-10(14)15-9(2)12(8)16-11(17)7-13(3,4)5/h6H,7H2,1-5H3,(H,16,17). The first kappa shape index (κ1) is 14.2. The van der Waals surface area contributed by atoms with Crippen LogP contribution in [-0.2, 0) is 4.79 Å². The van der Waals surface area contributed by atoms with Gasteiger partial charge in [-0.1, -0.05) is 20.8 Å². The summed E-state index contributed by atoms with van der Waals surface area (Å²) < 4.78 is 0.793. The summed E-state index contributed by atoms with van der Waals surface area (Å²) in [5.74, 6) is 0.0350. The Bertz CT molecular complexity index is 413. The van der Waals surface area contributed by atoms with Crippen LogP contribution in [0, 0.1) is 19.3 Å². The molecule has 1 rings (SSSR count). The molecule has 4 heteroatoms. The van der Waals surface area contributed by atoms with Crippen LogP contribution in [0.1, 0.15) is 38.4 Å². The minimum atomic E-state index is -0.00527. The van der Waals surface area contributed by atoms with Crippen molar-refractivity contribution in [1.29, 1.82) is 0 Å². The van der Waals surface area contributed by atoms with E-state index in [1.807, 2.05) is 40.7 Å². The third-order valence-corrected chi connectivity index (χ3v) is 2.73. The number of aromatic nitrogens is 1. The molecule has 3 nitrogen and oxygen atoms in total. The van der Waals surface area contributed by atoms with Crippen LogP contribution in [0.25, 0.3) is 0 Å². The molecule has 17 heavy (non-hydrogen) atoms. The van der Waals surface area contributed by atoms with Crippen LogP contribution < -0.4 is 5.32 Å². The Labute approximate surface area is 111 Å². The van der Waals surface area contributed by atoms with Crippen molar-refractivity contribution in [2.75, 3.05) is 5.32 Å². The van der Waals surface area contributed by atoms with Crippen LogP contribution in [0.4, 0.5) is 5.69 Å². The molecular formula is C13H19BrN2O. The van der Waals surface area contributed by atoms with Gasteiger partial charge in [0, 0.05) is 6.42 Å². The molecule has 0 bridgehead atoms. The van der Waals surface area contributed by atoms with Gasteiger partial charge < -0.3 is 5.32 Å². The molecule has 0 aromatic carbocycles. The number of carbonyl (C=O) groups excluding carboxylic acids is 1. The SMILES string of the molecule is Cc1cc(Br)nc(C)c1NC(=O)CC(C)(C)C. The Kier molecular flexibility index (Phi) is 4.31. The van der Waals surface area contributed by atoms with Crippen LogP contribution in [-0.4, -0.2) is 10.9 Å². The lowest BCUT2D eigenvalue weighted by Crippen LogP contribution is -2.20. The van der Waals surface area contributed by atoms with Gasteiger partial charge in [0.15, 0.2) is 0 Å². The van der Waals surface area contributed by atoms with Gasteiger partial charge in [-0.3, -0.25) is 4.79 Å². The maximum absolute atomic E-state index is 11.9. The van der Waals surface area contributed by atoms with Crippen LogP contribution in [0.15, 0.2) is 10.7 Å². The summed E-state index contributed by atoms with van der Waals surface area (Å²) in [7, 11) is 0. The highest BCUT2D eigenvalue weighted by Crippen LogP contribution is 2.24. The van der Waals surface area contributed by atoms with Crippen LogP contribution in [0.5, 0.6) is 0 Å². The number of carbonyl (C=O) groups is 1. The summed E-state index contributed by atoms with van der Waals surface area (Å²) >= 11 is 3.34. The Balaban J connectivity index is 2.86. The highest BCUT2D eigenvalue weighted by molar-refractivity contribution is 9.10. The number of anilines is 1. The van der Waals surface area contributed by atoms with E-state index in [2.05, 4.69) is 26.2 Å². The highest BCUT2D eigenvalue weighted by atomic mass is 79.9. The molecule has 1 aromatic rings. The summed E-state index contributed by atoms with van der Waals surface area (Å²) in [5.41, 5.74) is 2.67. The zero-order valence-electron chi connectivity index (χ0n) is 11.0. The molecule has 0 saturated heterocycles. The Morgan fingerprint density at radius 3 is 2.47 bits per heavy atom. The van der Waals surface area contributed by atoms with Gasteiger partial charge in [-0.2, -0.15) is 0 Å². The lowest BCUT2D eigenvalue weighted by molar-refractivity contribution is -0.117. The average molecular weight is 299 g/mol. The number of aryl methyl sites for hydroxylation is 2. The molecule has 1 N–H and O–H groups in total. The van der Waals surface area contributed by atoms with Gasteiger partial charge in [-0.05, 0) is 46.8 Å². The van der Waals surface area contributed by atoms with Crippen LogP contribution in [0.3, 0.4) is 0 Å². The third kappa shape index (κ3) is 4.46. The summed E-state index contributed by atoms with van der Waals surface area (Å²) in [4.78, 5) is 16.2. The lowest BCUT2D eigenvalue weighted by atomic mass is 9.92. The third-order valence-electron chi connectivity index (χ3n) is 2.32. The molecule has 94 valence electrons. The average Bonchev–Trinajstić information content (AvgIpc) is 2.08. The molecule has 0 unspecified atom stereocenters. The number of nitrogens with one attached hydrogen (secondary N) is 1. The zero-order chi connectivity index (χ0) is 13.2. The number of amides is 1. The van der Waals surface area contributed by atoms with Crippen molar-refractivity contribution in [2.24, 2.45) is 5.41 Å². The number of hydrogen-bond acceptors (Lipinski definition) is 2. The normalized spacial score (nSPS) is 11.4. The number of halogens is 1. The molecular weight excluding hydrogens is 280 g/mol. The second-order valence-corrected chi connectivity index (χ2v) is 6.32. The van der Waals surface area contributed by atoms with Gasteiger partial charge in [0.05, 0.1) is 11.4 Å².